The molecule has 1 aliphatic heterocycles. The Labute approximate surface area is 152 Å². The van der Waals surface area contributed by atoms with E-state index in [1.807, 2.05) is 13.8 Å². The molecule has 0 aliphatic carbocycles. The maximum atomic E-state index is 11.9. The fourth-order valence-corrected chi connectivity index (χ4v) is 2.24. The normalized spacial score (nSPS) is 14.6. The monoisotopic (exact) mass is 369 g/mol. The first kappa shape index (κ1) is 20.7. The second-order valence-corrected chi connectivity index (χ2v) is 5.97. The quantitative estimate of drug-likeness (QED) is 0.589. The number of rotatable bonds is 6. The average Bonchev–Trinajstić information content (AvgIpc) is 2.98. The van der Waals surface area contributed by atoms with Gasteiger partial charge in [0.25, 0.3) is 0 Å². The van der Waals surface area contributed by atoms with Crippen LogP contribution in [0.25, 0.3) is 0 Å². The molecular weight excluding hydrogens is 346 g/mol. The lowest BCUT2D eigenvalue weighted by molar-refractivity contribution is -0.125. The number of anilines is 2. The zero-order valence-electron chi connectivity index (χ0n) is 14.2. The van der Waals surface area contributed by atoms with Gasteiger partial charge in [0.15, 0.2) is 0 Å². The summed E-state index contributed by atoms with van der Waals surface area (Å²) < 4.78 is 0. The van der Waals surface area contributed by atoms with Gasteiger partial charge in [-0.2, -0.15) is 0 Å². The van der Waals surface area contributed by atoms with Gasteiger partial charge < -0.3 is 21.7 Å². The largest absolute Gasteiger partial charge is 0.346 e. The summed E-state index contributed by atoms with van der Waals surface area (Å²) in [5.74, 6) is -0.690. The summed E-state index contributed by atoms with van der Waals surface area (Å²) in [7, 11) is 0. The van der Waals surface area contributed by atoms with Gasteiger partial charge in [0.2, 0.25) is 11.8 Å². The summed E-state index contributed by atoms with van der Waals surface area (Å²) >= 11 is 0. The molecular formula is C16H24ClN5O3. The van der Waals surface area contributed by atoms with Crippen molar-refractivity contribution in [1.82, 2.24) is 10.6 Å². The summed E-state index contributed by atoms with van der Waals surface area (Å²) in [4.78, 5) is 36.8. The third-order valence-corrected chi connectivity index (χ3v) is 3.76. The van der Waals surface area contributed by atoms with Crippen molar-refractivity contribution >= 4 is 41.6 Å². The van der Waals surface area contributed by atoms with Crippen molar-refractivity contribution in [2.75, 3.05) is 29.9 Å². The molecule has 1 aliphatic rings. The molecule has 8 nitrogen and oxygen atoms in total. The van der Waals surface area contributed by atoms with Gasteiger partial charge in [0, 0.05) is 24.5 Å². The summed E-state index contributed by atoms with van der Waals surface area (Å²) in [6.07, 6.45) is 0. The summed E-state index contributed by atoms with van der Waals surface area (Å²) in [6.45, 7) is 4.77. The number of nitrogens with one attached hydrogen (secondary N) is 3. The Balaban J connectivity index is 0.00000312. The number of carbonyl (C=O) groups excluding carboxylic acids is 3. The standard InChI is InChI=1S/C16H23N5O3.ClH/c1-10(2)14(17)15(23)19-9-13(22)20-11-3-5-12(6-4-11)21-8-7-18-16(21)24;/h3-6,10,14H,7-9,17H2,1-2H3,(H,18,24)(H,19,23)(H,20,22);1H/t14-;/m0./s1. The number of urea groups is 1. The Morgan fingerprint density at radius 3 is 2.44 bits per heavy atom. The number of carbonyl (C=O) groups is 3. The highest BCUT2D eigenvalue weighted by Gasteiger charge is 2.21. The van der Waals surface area contributed by atoms with Gasteiger partial charge in [-0.25, -0.2) is 4.79 Å². The van der Waals surface area contributed by atoms with E-state index in [9.17, 15) is 14.4 Å². The van der Waals surface area contributed by atoms with Crippen LogP contribution in [0.2, 0.25) is 0 Å². The first-order valence-electron chi connectivity index (χ1n) is 7.87. The van der Waals surface area contributed by atoms with Crippen LogP contribution >= 0.6 is 12.4 Å². The van der Waals surface area contributed by atoms with E-state index >= 15 is 0 Å². The summed E-state index contributed by atoms with van der Waals surface area (Å²) in [6, 6.07) is 6.17. The van der Waals surface area contributed by atoms with E-state index in [1.165, 1.54) is 0 Å². The van der Waals surface area contributed by atoms with E-state index in [0.717, 1.165) is 5.69 Å². The predicted molar refractivity (Wildman–Crippen MR) is 98.9 cm³/mol. The molecule has 2 rings (SSSR count). The van der Waals surface area contributed by atoms with E-state index in [1.54, 1.807) is 29.2 Å². The molecule has 1 fully saturated rings. The Morgan fingerprint density at radius 2 is 1.92 bits per heavy atom. The van der Waals surface area contributed by atoms with Crippen LogP contribution in [0.15, 0.2) is 24.3 Å². The van der Waals surface area contributed by atoms with Gasteiger partial charge in [-0.3, -0.25) is 14.5 Å². The molecule has 9 heteroatoms. The number of hydrogen-bond donors (Lipinski definition) is 4. The predicted octanol–water partition coefficient (Wildman–Crippen LogP) is 0.676. The molecule has 0 bridgehead atoms. The zero-order chi connectivity index (χ0) is 17.7. The SMILES string of the molecule is CC(C)[C@H](N)C(=O)NCC(=O)Nc1ccc(N2CCNC2=O)cc1.Cl. The molecule has 1 aromatic carbocycles. The molecule has 1 saturated heterocycles. The smallest absolute Gasteiger partial charge is 0.321 e. The zero-order valence-corrected chi connectivity index (χ0v) is 15.1. The number of nitrogens with two attached hydrogens (primary N) is 1. The number of benzene rings is 1. The van der Waals surface area contributed by atoms with Crippen molar-refractivity contribution in [3.8, 4) is 0 Å². The first-order valence-corrected chi connectivity index (χ1v) is 7.87. The number of hydrogen-bond acceptors (Lipinski definition) is 4. The minimum absolute atomic E-state index is 0. The third kappa shape index (κ3) is 5.61. The van der Waals surface area contributed by atoms with E-state index in [4.69, 9.17) is 5.73 Å². The lowest BCUT2D eigenvalue weighted by Gasteiger charge is -2.16. The van der Waals surface area contributed by atoms with Crippen molar-refractivity contribution in [1.29, 1.82) is 0 Å². The van der Waals surface area contributed by atoms with Crippen LogP contribution in [0.1, 0.15) is 13.8 Å². The van der Waals surface area contributed by atoms with Gasteiger partial charge in [-0.15, -0.1) is 12.4 Å². The molecule has 0 unspecified atom stereocenters. The second-order valence-electron chi connectivity index (χ2n) is 5.97. The minimum Gasteiger partial charge on any atom is -0.346 e. The molecule has 0 saturated carbocycles. The highest BCUT2D eigenvalue weighted by molar-refractivity contribution is 5.96. The first-order chi connectivity index (χ1) is 11.4. The highest BCUT2D eigenvalue weighted by Crippen LogP contribution is 2.19. The van der Waals surface area contributed by atoms with E-state index < -0.39 is 6.04 Å². The molecule has 1 aromatic rings. The van der Waals surface area contributed by atoms with Crippen LogP contribution in [0.4, 0.5) is 16.2 Å². The number of amides is 4. The molecule has 0 radical (unpaired) electrons. The van der Waals surface area contributed by atoms with Crippen LogP contribution in [-0.4, -0.2) is 43.5 Å². The van der Waals surface area contributed by atoms with Crippen molar-refractivity contribution in [3.63, 3.8) is 0 Å². The molecule has 25 heavy (non-hydrogen) atoms. The van der Waals surface area contributed by atoms with Crippen LogP contribution in [0.5, 0.6) is 0 Å². The maximum absolute atomic E-state index is 11.9. The van der Waals surface area contributed by atoms with Gasteiger partial charge in [0.05, 0.1) is 12.6 Å². The Hall–Kier alpha value is -2.32. The summed E-state index contributed by atoms with van der Waals surface area (Å²) in [5.41, 5.74) is 7.06. The number of nitrogens with zero attached hydrogens (tertiary/aromatic N) is 1. The van der Waals surface area contributed by atoms with Gasteiger partial charge in [-0.05, 0) is 30.2 Å². The van der Waals surface area contributed by atoms with Crippen molar-refractivity contribution in [2.45, 2.75) is 19.9 Å². The Bertz CT molecular complexity index is 621. The van der Waals surface area contributed by atoms with Gasteiger partial charge >= 0.3 is 6.03 Å². The van der Waals surface area contributed by atoms with Crippen molar-refractivity contribution in [2.24, 2.45) is 11.7 Å². The van der Waals surface area contributed by atoms with Crippen LogP contribution in [0.3, 0.4) is 0 Å². The fourth-order valence-electron chi connectivity index (χ4n) is 2.24. The van der Waals surface area contributed by atoms with Crippen molar-refractivity contribution < 1.29 is 14.4 Å². The second kappa shape index (κ2) is 9.24. The molecule has 5 N–H and O–H groups in total. The highest BCUT2D eigenvalue weighted by atomic mass is 35.5. The molecule has 0 aromatic heterocycles. The Kier molecular flexibility index (Phi) is 7.66. The van der Waals surface area contributed by atoms with E-state index in [0.29, 0.717) is 18.8 Å². The van der Waals surface area contributed by atoms with Crippen molar-refractivity contribution in [3.05, 3.63) is 24.3 Å². The van der Waals surface area contributed by atoms with E-state index in [-0.39, 0.29) is 42.7 Å². The van der Waals surface area contributed by atoms with Crippen LogP contribution < -0.4 is 26.6 Å². The average molecular weight is 370 g/mol. The molecule has 1 heterocycles. The molecule has 0 spiro atoms. The molecule has 4 amide bonds. The summed E-state index contributed by atoms with van der Waals surface area (Å²) in [5, 5.41) is 7.92. The number of halogens is 1. The molecule has 1 atom stereocenters. The third-order valence-electron chi connectivity index (χ3n) is 3.76. The Morgan fingerprint density at radius 1 is 1.28 bits per heavy atom. The molecule has 138 valence electrons. The fraction of sp³-hybridized carbons (Fsp3) is 0.438. The van der Waals surface area contributed by atoms with Gasteiger partial charge in [-0.1, -0.05) is 13.8 Å². The lowest BCUT2D eigenvalue weighted by Crippen LogP contribution is -2.46. The van der Waals surface area contributed by atoms with Crippen LogP contribution in [0, 0.1) is 5.92 Å². The maximum Gasteiger partial charge on any atom is 0.321 e. The van der Waals surface area contributed by atoms with Gasteiger partial charge in [0.1, 0.15) is 0 Å². The van der Waals surface area contributed by atoms with E-state index in [2.05, 4.69) is 16.0 Å². The minimum atomic E-state index is -0.635. The lowest BCUT2D eigenvalue weighted by atomic mass is 10.1. The van der Waals surface area contributed by atoms with Crippen LogP contribution in [-0.2, 0) is 9.59 Å². The topological polar surface area (TPSA) is 117 Å².